The van der Waals surface area contributed by atoms with Crippen molar-refractivity contribution in [1.29, 1.82) is 0 Å². The third-order valence-corrected chi connectivity index (χ3v) is 3.64. The Morgan fingerprint density at radius 1 is 1.09 bits per heavy atom. The van der Waals surface area contributed by atoms with Crippen molar-refractivity contribution < 1.29 is 9.59 Å². The molecule has 0 fully saturated rings. The summed E-state index contributed by atoms with van der Waals surface area (Å²) in [7, 11) is 0. The van der Waals surface area contributed by atoms with Gasteiger partial charge in [-0.2, -0.15) is 0 Å². The third kappa shape index (κ3) is 6.85. The van der Waals surface area contributed by atoms with Crippen LogP contribution in [0.2, 0.25) is 0 Å². The zero-order valence-electron chi connectivity index (χ0n) is 13.7. The minimum atomic E-state index is -0.440. The number of nitrogens with two attached hydrogens (primary N) is 1. The van der Waals surface area contributed by atoms with E-state index in [1.807, 2.05) is 44.2 Å². The van der Waals surface area contributed by atoms with Gasteiger partial charge in [-0.15, -0.1) is 0 Å². The molecule has 1 rings (SSSR count). The summed E-state index contributed by atoms with van der Waals surface area (Å²) in [5.41, 5.74) is 6.50. The largest absolute Gasteiger partial charge is 0.346 e. The summed E-state index contributed by atoms with van der Waals surface area (Å²) in [5, 5.41) is 2.90. The SMILES string of the molecule is CC(C)C(=O)[C@H](Cc1ccccc1)NC(=O)CCCCCN. The van der Waals surface area contributed by atoms with Gasteiger partial charge in [0.2, 0.25) is 5.91 Å². The fraction of sp³-hybridized carbons (Fsp3) is 0.556. The first-order chi connectivity index (χ1) is 10.5. The first-order valence-electron chi connectivity index (χ1n) is 8.11. The number of carbonyl (C=O) groups excluding carboxylic acids is 2. The first-order valence-corrected chi connectivity index (χ1v) is 8.11. The third-order valence-electron chi connectivity index (χ3n) is 3.64. The lowest BCUT2D eigenvalue weighted by Crippen LogP contribution is -2.44. The summed E-state index contributed by atoms with van der Waals surface area (Å²) in [6.07, 6.45) is 3.71. The summed E-state index contributed by atoms with van der Waals surface area (Å²) in [6.45, 7) is 4.39. The molecule has 0 aliphatic carbocycles. The summed E-state index contributed by atoms with van der Waals surface area (Å²) in [4.78, 5) is 24.4. The van der Waals surface area contributed by atoms with Crippen molar-refractivity contribution in [2.75, 3.05) is 6.54 Å². The van der Waals surface area contributed by atoms with E-state index in [2.05, 4.69) is 5.32 Å². The molecule has 4 heteroatoms. The molecule has 0 saturated carbocycles. The van der Waals surface area contributed by atoms with Crippen molar-refractivity contribution in [1.82, 2.24) is 5.32 Å². The van der Waals surface area contributed by atoms with Crippen LogP contribution in [0.5, 0.6) is 0 Å². The van der Waals surface area contributed by atoms with Gasteiger partial charge in [-0.1, -0.05) is 50.6 Å². The van der Waals surface area contributed by atoms with Crippen molar-refractivity contribution in [3.05, 3.63) is 35.9 Å². The standard InChI is InChI=1S/C18H28N2O2/c1-14(2)18(22)16(13-15-9-5-3-6-10-15)20-17(21)11-7-4-8-12-19/h3,5-6,9-10,14,16H,4,7-8,11-13,19H2,1-2H3,(H,20,21)/t16-/m0/s1. The fourth-order valence-corrected chi connectivity index (χ4v) is 2.35. The molecule has 0 aliphatic rings. The van der Waals surface area contributed by atoms with Crippen LogP contribution < -0.4 is 11.1 Å². The van der Waals surface area contributed by atoms with Gasteiger partial charge in [0.1, 0.15) is 0 Å². The summed E-state index contributed by atoms with van der Waals surface area (Å²) in [6, 6.07) is 9.35. The molecule has 0 spiro atoms. The second-order valence-corrected chi connectivity index (χ2v) is 5.97. The minimum Gasteiger partial charge on any atom is -0.346 e. The number of hydrogen-bond acceptors (Lipinski definition) is 3. The van der Waals surface area contributed by atoms with Gasteiger partial charge in [0.15, 0.2) is 5.78 Å². The molecule has 4 nitrogen and oxygen atoms in total. The molecule has 0 saturated heterocycles. The highest BCUT2D eigenvalue weighted by atomic mass is 16.2. The van der Waals surface area contributed by atoms with Crippen LogP contribution in [0.1, 0.15) is 45.1 Å². The van der Waals surface area contributed by atoms with E-state index in [9.17, 15) is 9.59 Å². The fourth-order valence-electron chi connectivity index (χ4n) is 2.35. The number of rotatable bonds is 10. The lowest BCUT2D eigenvalue weighted by atomic mass is 9.95. The second kappa shape index (κ2) is 10.1. The Hall–Kier alpha value is -1.68. The lowest BCUT2D eigenvalue weighted by Gasteiger charge is -2.20. The molecule has 1 aromatic carbocycles. The van der Waals surface area contributed by atoms with E-state index in [1.165, 1.54) is 0 Å². The average molecular weight is 304 g/mol. The highest BCUT2D eigenvalue weighted by molar-refractivity contribution is 5.90. The van der Waals surface area contributed by atoms with Crippen LogP contribution in [0, 0.1) is 5.92 Å². The van der Waals surface area contributed by atoms with Gasteiger partial charge < -0.3 is 11.1 Å². The summed E-state index contributed by atoms with van der Waals surface area (Å²) in [5.74, 6) is -0.0580. The van der Waals surface area contributed by atoms with E-state index in [0.29, 0.717) is 19.4 Å². The van der Waals surface area contributed by atoms with Crippen molar-refractivity contribution in [3.8, 4) is 0 Å². The van der Waals surface area contributed by atoms with E-state index in [1.54, 1.807) is 0 Å². The number of unbranched alkanes of at least 4 members (excludes halogenated alkanes) is 2. The van der Waals surface area contributed by atoms with E-state index >= 15 is 0 Å². The molecule has 0 aliphatic heterocycles. The Labute approximate surface area is 133 Å². The maximum atomic E-state index is 12.3. The molecule has 1 atom stereocenters. The molecule has 0 aromatic heterocycles. The molecule has 3 N–H and O–H groups in total. The number of amides is 1. The van der Waals surface area contributed by atoms with Crippen molar-refractivity contribution in [2.24, 2.45) is 11.7 Å². The van der Waals surface area contributed by atoms with Gasteiger partial charge in [-0.3, -0.25) is 9.59 Å². The lowest BCUT2D eigenvalue weighted by molar-refractivity contribution is -0.129. The van der Waals surface area contributed by atoms with Crippen molar-refractivity contribution in [2.45, 2.75) is 52.0 Å². The predicted molar refractivity (Wildman–Crippen MR) is 89.4 cm³/mol. The Bertz CT molecular complexity index is 457. The van der Waals surface area contributed by atoms with E-state index in [4.69, 9.17) is 5.73 Å². The van der Waals surface area contributed by atoms with Crippen LogP contribution in [0.25, 0.3) is 0 Å². The van der Waals surface area contributed by atoms with Gasteiger partial charge in [0.05, 0.1) is 6.04 Å². The van der Waals surface area contributed by atoms with Crippen LogP contribution in [-0.2, 0) is 16.0 Å². The topological polar surface area (TPSA) is 72.2 Å². The van der Waals surface area contributed by atoms with Gasteiger partial charge in [0.25, 0.3) is 0 Å². The predicted octanol–water partition coefficient (Wildman–Crippen LogP) is 2.46. The number of hydrogen-bond donors (Lipinski definition) is 2. The number of carbonyl (C=O) groups is 2. The summed E-state index contributed by atoms with van der Waals surface area (Å²) < 4.78 is 0. The molecular weight excluding hydrogens is 276 g/mol. The van der Waals surface area contributed by atoms with Crippen LogP contribution in [0.15, 0.2) is 30.3 Å². The number of Topliss-reactive ketones (excluding diaryl/α,β-unsaturated/α-hetero) is 1. The molecule has 22 heavy (non-hydrogen) atoms. The first kappa shape index (κ1) is 18.4. The van der Waals surface area contributed by atoms with E-state index in [-0.39, 0.29) is 17.6 Å². The molecule has 1 amide bonds. The number of nitrogens with one attached hydrogen (secondary N) is 1. The van der Waals surface area contributed by atoms with Crippen molar-refractivity contribution in [3.63, 3.8) is 0 Å². The molecule has 0 radical (unpaired) electrons. The second-order valence-electron chi connectivity index (χ2n) is 5.97. The Morgan fingerprint density at radius 2 is 1.77 bits per heavy atom. The van der Waals surface area contributed by atoms with Gasteiger partial charge in [-0.05, 0) is 31.4 Å². The van der Waals surface area contributed by atoms with Gasteiger partial charge in [0, 0.05) is 12.3 Å². The normalized spacial score (nSPS) is 12.2. The molecule has 1 aromatic rings. The number of benzene rings is 1. The smallest absolute Gasteiger partial charge is 0.220 e. The zero-order valence-corrected chi connectivity index (χ0v) is 13.7. The van der Waals surface area contributed by atoms with E-state index in [0.717, 1.165) is 24.8 Å². The van der Waals surface area contributed by atoms with Gasteiger partial charge in [-0.25, -0.2) is 0 Å². The molecule has 0 unspecified atom stereocenters. The molecule has 0 bridgehead atoms. The Balaban J connectivity index is 2.58. The van der Waals surface area contributed by atoms with Crippen LogP contribution >= 0.6 is 0 Å². The molecule has 122 valence electrons. The maximum Gasteiger partial charge on any atom is 0.220 e. The minimum absolute atomic E-state index is 0.0491. The average Bonchev–Trinajstić information content (AvgIpc) is 2.51. The van der Waals surface area contributed by atoms with Crippen LogP contribution in [-0.4, -0.2) is 24.3 Å². The maximum absolute atomic E-state index is 12.3. The Kier molecular flexibility index (Phi) is 8.44. The molecule has 0 heterocycles. The van der Waals surface area contributed by atoms with Crippen LogP contribution in [0.3, 0.4) is 0 Å². The number of ketones is 1. The highest BCUT2D eigenvalue weighted by Crippen LogP contribution is 2.09. The quantitative estimate of drug-likeness (QED) is 0.652. The van der Waals surface area contributed by atoms with Crippen molar-refractivity contribution >= 4 is 11.7 Å². The van der Waals surface area contributed by atoms with E-state index < -0.39 is 6.04 Å². The highest BCUT2D eigenvalue weighted by Gasteiger charge is 2.23. The Morgan fingerprint density at radius 3 is 2.36 bits per heavy atom. The van der Waals surface area contributed by atoms with Crippen LogP contribution in [0.4, 0.5) is 0 Å². The summed E-state index contributed by atoms with van der Waals surface area (Å²) >= 11 is 0. The molecular formula is C18H28N2O2. The van der Waals surface area contributed by atoms with Gasteiger partial charge >= 0.3 is 0 Å². The zero-order chi connectivity index (χ0) is 16.4. The monoisotopic (exact) mass is 304 g/mol.